The number of hydrogen-bond donors (Lipinski definition) is 3. The monoisotopic (exact) mass is 420 g/mol. The fourth-order valence-corrected chi connectivity index (χ4v) is 3.11. The zero-order valence-electron chi connectivity index (χ0n) is 11.7. The fourth-order valence-electron chi connectivity index (χ4n) is 1.78. The molecule has 0 radical (unpaired) electrons. The Kier molecular flexibility index (Phi) is 7.74. The van der Waals surface area contributed by atoms with Crippen LogP contribution in [0.3, 0.4) is 0 Å². The highest BCUT2D eigenvalue weighted by Crippen LogP contribution is 2.30. The van der Waals surface area contributed by atoms with Gasteiger partial charge in [0.05, 0.1) is 11.3 Å². The third-order valence-electron chi connectivity index (χ3n) is 2.84. The molecule has 0 aromatic heterocycles. The third-order valence-corrected chi connectivity index (χ3v) is 3.92. The number of nitrogens with one attached hydrogen (secondary N) is 2. The zero-order valence-corrected chi connectivity index (χ0v) is 14.9. The van der Waals surface area contributed by atoms with Gasteiger partial charge in [-0.15, -0.1) is 0 Å². The van der Waals surface area contributed by atoms with Gasteiger partial charge in [-0.05, 0) is 34.5 Å². The van der Waals surface area contributed by atoms with E-state index in [1.165, 1.54) is 6.07 Å². The Morgan fingerprint density at radius 2 is 1.90 bits per heavy atom. The molecule has 21 heavy (non-hydrogen) atoms. The molecule has 1 aromatic rings. The molecule has 5 nitrogen and oxygen atoms in total. The number of unbranched alkanes of at least 4 members (excludes halogenated alkanes) is 3. The molecule has 0 unspecified atom stereocenters. The second-order valence-corrected chi connectivity index (χ2v) is 6.33. The number of halogens is 2. The van der Waals surface area contributed by atoms with Gasteiger partial charge in [0.1, 0.15) is 0 Å². The summed E-state index contributed by atoms with van der Waals surface area (Å²) in [6.45, 7) is 2.70. The SMILES string of the molecule is CCCCCCNC(=O)Nc1c(Br)cc(Br)cc1C(=O)O. The first kappa shape index (κ1) is 18.0. The molecular weight excluding hydrogens is 404 g/mol. The van der Waals surface area contributed by atoms with Crippen molar-refractivity contribution in [3.8, 4) is 0 Å². The molecule has 0 bridgehead atoms. The van der Waals surface area contributed by atoms with E-state index >= 15 is 0 Å². The first-order chi connectivity index (χ1) is 9.95. The number of aromatic carboxylic acids is 1. The van der Waals surface area contributed by atoms with E-state index in [1.54, 1.807) is 6.07 Å². The van der Waals surface area contributed by atoms with Crippen molar-refractivity contribution < 1.29 is 14.7 Å². The van der Waals surface area contributed by atoms with Crippen LogP contribution in [0.25, 0.3) is 0 Å². The van der Waals surface area contributed by atoms with Gasteiger partial charge in [-0.2, -0.15) is 0 Å². The Morgan fingerprint density at radius 1 is 1.19 bits per heavy atom. The predicted molar refractivity (Wildman–Crippen MR) is 90.0 cm³/mol. The molecule has 7 heteroatoms. The van der Waals surface area contributed by atoms with Crippen LogP contribution in [0.15, 0.2) is 21.1 Å². The Morgan fingerprint density at radius 3 is 2.52 bits per heavy atom. The molecule has 0 fully saturated rings. The van der Waals surface area contributed by atoms with Crippen molar-refractivity contribution >= 4 is 49.5 Å². The van der Waals surface area contributed by atoms with Gasteiger partial charge in [0, 0.05) is 15.5 Å². The Balaban J connectivity index is 2.65. The number of urea groups is 1. The maximum absolute atomic E-state index is 11.8. The molecule has 2 amide bonds. The van der Waals surface area contributed by atoms with Crippen molar-refractivity contribution in [2.24, 2.45) is 0 Å². The Hall–Kier alpha value is -1.08. The number of carboxylic acids is 1. The lowest BCUT2D eigenvalue weighted by Gasteiger charge is -2.12. The van der Waals surface area contributed by atoms with Crippen molar-refractivity contribution in [3.63, 3.8) is 0 Å². The highest BCUT2D eigenvalue weighted by atomic mass is 79.9. The molecule has 0 saturated carbocycles. The lowest BCUT2D eigenvalue weighted by molar-refractivity contribution is 0.0698. The average molecular weight is 422 g/mol. The highest BCUT2D eigenvalue weighted by Gasteiger charge is 2.16. The molecule has 1 aromatic carbocycles. The summed E-state index contributed by atoms with van der Waals surface area (Å²) < 4.78 is 1.13. The van der Waals surface area contributed by atoms with Crippen LogP contribution < -0.4 is 10.6 Å². The molecule has 0 aliphatic heterocycles. The molecular formula is C14H18Br2N2O3. The molecule has 0 heterocycles. The standard InChI is InChI=1S/C14H18Br2N2O3/c1-2-3-4-5-6-17-14(21)18-12-10(13(19)20)7-9(15)8-11(12)16/h7-8H,2-6H2,1H3,(H,19,20)(H2,17,18,21). The van der Waals surface area contributed by atoms with Crippen LogP contribution in [0.5, 0.6) is 0 Å². The maximum Gasteiger partial charge on any atom is 0.337 e. The lowest BCUT2D eigenvalue weighted by Crippen LogP contribution is -2.30. The minimum absolute atomic E-state index is 0.0254. The second-order valence-electron chi connectivity index (χ2n) is 4.56. The minimum Gasteiger partial charge on any atom is -0.478 e. The van der Waals surface area contributed by atoms with Crippen molar-refractivity contribution in [1.29, 1.82) is 0 Å². The first-order valence-electron chi connectivity index (χ1n) is 6.73. The van der Waals surface area contributed by atoms with Gasteiger partial charge in [0.2, 0.25) is 0 Å². The average Bonchev–Trinajstić information content (AvgIpc) is 2.41. The number of carbonyl (C=O) groups excluding carboxylic acids is 1. The summed E-state index contributed by atoms with van der Waals surface area (Å²) in [5.74, 6) is -1.10. The first-order valence-corrected chi connectivity index (χ1v) is 8.31. The topological polar surface area (TPSA) is 78.4 Å². The normalized spacial score (nSPS) is 10.2. The van der Waals surface area contributed by atoms with Crippen LogP contribution in [-0.4, -0.2) is 23.7 Å². The van der Waals surface area contributed by atoms with Crippen LogP contribution in [0, 0.1) is 0 Å². The smallest absolute Gasteiger partial charge is 0.337 e. The van der Waals surface area contributed by atoms with Crippen LogP contribution >= 0.6 is 31.9 Å². The van der Waals surface area contributed by atoms with Crippen molar-refractivity contribution in [1.82, 2.24) is 5.32 Å². The van der Waals surface area contributed by atoms with Gasteiger partial charge in [-0.25, -0.2) is 9.59 Å². The number of hydrogen-bond acceptors (Lipinski definition) is 2. The number of carbonyl (C=O) groups is 2. The van der Waals surface area contributed by atoms with Crippen LogP contribution in [0.2, 0.25) is 0 Å². The summed E-state index contributed by atoms with van der Waals surface area (Å²) in [6, 6.07) is 2.73. The highest BCUT2D eigenvalue weighted by molar-refractivity contribution is 9.11. The van der Waals surface area contributed by atoms with Gasteiger partial charge in [0.15, 0.2) is 0 Å². The summed E-state index contributed by atoms with van der Waals surface area (Å²) in [4.78, 5) is 23.0. The van der Waals surface area contributed by atoms with E-state index in [2.05, 4.69) is 49.4 Å². The number of anilines is 1. The lowest BCUT2D eigenvalue weighted by atomic mass is 10.2. The Labute approximate surface area is 140 Å². The van der Waals surface area contributed by atoms with Crippen LogP contribution in [-0.2, 0) is 0 Å². The fraction of sp³-hybridized carbons (Fsp3) is 0.429. The van der Waals surface area contributed by atoms with E-state index in [-0.39, 0.29) is 11.3 Å². The molecule has 1 rings (SSSR count). The summed E-state index contributed by atoms with van der Waals surface area (Å²) in [5.41, 5.74) is 0.272. The second kappa shape index (κ2) is 9.04. The van der Waals surface area contributed by atoms with Gasteiger partial charge >= 0.3 is 12.0 Å². The minimum atomic E-state index is -1.10. The predicted octanol–water partition coefficient (Wildman–Crippen LogP) is 4.61. The van der Waals surface area contributed by atoms with Crippen molar-refractivity contribution in [2.45, 2.75) is 32.6 Å². The maximum atomic E-state index is 11.8. The quantitative estimate of drug-likeness (QED) is 0.562. The van der Waals surface area contributed by atoms with Gasteiger partial charge < -0.3 is 15.7 Å². The Bertz CT molecular complexity index is 521. The molecule has 0 spiro atoms. The van der Waals surface area contributed by atoms with Gasteiger partial charge in [-0.1, -0.05) is 42.1 Å². The van der Waals surface area contributed by atoms with E-state index in [0.717, 1.165) is 25.7 Å². The zero-order chi connectivity index (χ0) is 15.8. The van der Waals surface area contributed by atoms with Gasteiger partial charge in [-0.3, -0.25) is 0 Å². The number of amides is 2. The van der Waals surface area contributed by atoms with E-state index in [9.17, 15) is 14.7 Å². The number of benzene rings is 1. The van der Waals surface area contributed by atoms with E-state index in [4.69, 9.17) is 0 Å². The van der Waals surface area contributed by atoms with Crippen molar-refractivity contribution in [2.75, 3.05) is 11.9 Å². The number of carboxylic acid groups (broad SMARTS) is 1. The molecule has 0 aliphatic rings. The van der Waals surface area contributed by atoms with E-state index in [0.29, 0.717) is 15.5 Å². The largest absolute Gasteiger partial charge is 0.478 e. The molecule has 3 N–H and O–H groups in total. The summed E-state index contributed by atoms with van der Waals surface area (Å²) in [7, 11) is 0. The van der Waals surface area contributed by atoms with Gasteiger partial charge in [0.25, 0.3) is 0 Å². The summed E-state index contributed by atoms with van der Waals surface area (Å²) in [6.07, 6.45) is 4.26. The van der Waals surface area contributed by atoms with Crippen molar-refractivity contribution in [3.05, 3.63) is 26.6 Å². The molecule has 116 valence electrons. The molecule has 0 aliphatic carbocycles. The molecule has 0 saturated heterocycles. The van der Waals surface area contributed by atoms with Crippen LogP contribution in [0.1, 0.15) is 43.0 Å². The van der Waals surface area contributed by atoms with Crippen LogP contribution in [0.4, 0.5) is 10.5 Å². The summed E-state index contributed by atoms with van der Waals surface area (Å²) >= 11 is 6.49. The third kappa shape index (κ3) is 6.05. The summed E-state index contributed by atoms with van der Waals surface area (Å²) in [5, 5.41) is 14.5. The number of rotatable bonds is 7. The van der Waals surface area contributed by atoms with E-state index in [1.807, 2.05) is 0 Å². The van der Waals surface area contributed by atoms with E-state index < -0.39 is 12.0 Å². The molecule has 0 atom stereocenters.